The molecule has 0 spiro atoms. The molecule has 1 saturated carbocycles. The van der Waals surface area contributed by atoms with Gasteiger partial charge in [0, 0.05) is 32.3 Å². The van der Waals surface area contributed by atoms with Crippen LogP contribution in [0, 0.1) is 16.7 Å². The van der Waals surface area contributed by atoms with E-state index in [0.29, 0.717) is 39.0 Å². The lowest BCUT2D eigenvalue weighted by molar-refractivity contribution is -0.154. The highest BCUT2D eigenvalue weighted by molar-refractivity contribution is 5.78. The molecule has 2 amide bonds. The number of carbonyl (C=O) groups excluding carboxylic acids is 1. The van der Waals surface area contributed by atoms with Crippen molar-refractivity contribution in [1.29, 1.82) is 5.26 Å². The number of urea groups is 1. The van der Waals surface area contributed by atoms with Crippen molar-refractivity contribution in [3.05, 3.63) is 0 Å². The zero-order valence-corrected chi connectivity index (χ0v) is 12.0. The number of carboxylic acid groups (broad SMARTS) is 1. The largest absolute Gasteiger partial charge is 0.481 e. The molecule has 0 aromatic carbocycles. The summed E-state index contributed by atoms with van der Waals surface area (Å²) >= 11 is 0. The molecule has 1 saturated heterocycles. The second kappa shape index (κ2) is 6.76. The van der Waals surface area contributed by atoms with Gasteiger partial charge in [-0.3, -0.25) is 4.79 Å². The second-order valence-electron chi connectivity index (χ2n) is 5.69. The van der Waals surface area contributed by atoms with Crippen molar-refractivity contribution in [1.82, 2.24) is 10.2 Å². The van der Waals surface area contributed by atoms with Gasteiger partial charge in [0.25, 0.3) is 0 Å². The molecule has 7 nitrogen and oxygen atoms in total. The first-order chi connectivity index (χ1) is 10.1. The molecular formula is C14H21N3O4. The van der Waals surface area contributed by atoms with Crippen LogP contribution in [0.2, 0.25) is 0 Å². The molecule has 116 valence electrons. The van der Waals surface area contributed by atoms with Gasteiger partial charge in [0.05, 0.1) is 17.9 Å². The lowest BCUT2D eigenvalue weighted by Crippen LogP contribution is -2.50. The molecule has 21 heavy (non-hydrogen) atoms. The van der Waals surface area contributed by atoms with E-state index in [1.54, 1.807) is 4.90 Å². The summed E-state index contributed by atoms with van der Waals surface area (Å²) in [6.45, 7) is 1.32. The highest BCUT2D eigenvalue weighted by atomic mass is 16.5. The predicted molar refractivity (Wildman–Crippen MR) is 73.5 cm³/mol. The van der Waals surface area contributed by atoms with E-state index >= 15 is 0 Å². The van der Waals surface area contributed by atoms with Gasteiger partial charge in [-0.05, 0) is 25.7 Å². The molecule has 1 aliphatic carbocycles. The summed E-state index contributed by atoms with van der Waals surface area (Å²) in [5, 5.41) is 20.8. The Morgan fingerprint density at radius 2 is 2.05 bits per heavy atom. The van der Waals surface area contributed by atoms with Crippen molar-refractivity contribution < 1.29 is 19.4 Å². The number of amides is 2. The van der Waals surface area contributed by atoms with Crippen LogP contribution in [0.1, 0.15) is 32.1 Å². The topological polar surface area (TPSA) is 103 Å². The number of hydrogen-bond acceptors (Lipinski definition) is 4. The third kappa shape index (κ3) is 3.85. The number of nitriles is 1. The van der Waals surface area contributed by atoms with Gasteiger partial charge in [-0.15, -0.1) is 0 Å². The van der Waals surface area contributed by atoms with Crippen LogP contribution in [0.5, 0.6) is 0 Å². The number of ether oxygens (including phenoxy) is 1. The van der Waals surface area contributed by atoms with E-state index in [0.717, 1.165) is 12.8 Å². The summed E-state index contributed by atoms with van der Waals surface area (Å²) in [5.41, 5.74) is -0.932. The lowest BCUT2D eigenvalue weighted by atomic mass is 9.80. The molecule has 7 heteroatoms. The van der Waals surface area contributed by atoms with Crippen LogP contribution in [0.15, 0.2) is 0 Å². The molecule has 0 atom stereocenters. The Morgan fingerprint density at radius 1 is 1.38 bits per heavy atom. The Labute approximate surface area is 123 Å². The maximum atomic E-state index is 12.2. The van der Waals surface area contributed by atoms with Crippen LogP contribution in [-0.4, -0.2) is 54.4 Å². The number of aliphatic carboxylic acids is 1. The Morgan fingerprint density at radius 3 is 2.57 bits per heavy atom. The van der Waals surface area contributed by atoms with E-state index in [1.807, 2.05) is 6.07 Å². The number of nitrogens with one attached hydrogen (secondary N) is 1. The molecule has 2 fully saturated rings. The molecule has 2 N–H and O–H groups in total. The Balaban J connectivity index is 1.91. The smallest absolute Gasteiger partial charge is 0.317 e. The Bertz CT molecular complexity index is 436. The van der Waals surface area contributed by atoms with E-state index in [1.165, 1.54) is 0 Å². The molecule has 1 aliphatic heterocycles. The van der Waals surface area contributed by atoms with Crippen LogP contribution in [-0.2, 0) is 9.53 Å². The fraction of sp³-hybridized carbons (Fsp3) is 0.786. The summed E-state index contributed by atoms with van der Waals surface area (Å²) in [7, 11) is 0. The lowest BCUT2D eigenvalue weighted by Gasteiger charge is -2.34. The zero-order valence-electron chi connectivity index (χ0n) is 12.0. The maximum absolute atomic E-state index is 12.2. The Kier molecular flexibility index (Phi) is 5.02. The van der Waals surface area contributed by atoms with Gasteiger partial charge in [-0.25, -0.2) is 4.79 Å². The summed E-state index contributed by atoms with van der Waals surface area (Å²) in [5.74, 6) is -0.888. The van der Waals surface area contributed by atoms with E-state index in [2.05, 4.69) is 5.32 Å². The average Bonchev–Trinajstić information content (AvgIpc) is 3.31. The normalized spacial score (nSPS) is 20.3. The fourth-order valence-corrected chi connectivity index (χ4v) is 2.58. The molecule has 0 radical (unpaired) electrons. The van der Waals surface area contributed by atoms with Crippen LogP contribution in [0.25, 0.3) is 0 Å². The van der Waals surface area contributed by atoms with Gasteiger partial charge in [0.2, 0.25) is 0 Å². The second-order valence-corrected chi connectivity index (χ2v) is 5.69. The van der Waals surface area contributed by atoms with Crippen molar-refractivity contribution in [3.8, 4) is 6.07 Å². The third-order valence-corrected chi connectivity index (χ3v) is 4.19. The van der Waals surface area contributed by atoms with Gasteiger partial charge in [0.15, 0.2) is 0 Å². The monoisotopic (exact) mass is 295 g/mol. The Hall–Kier alpha value is -1.81. The quantitative estimate of drug-likeness (QED) is 0.759. The molecule has 1 heterocycles. The summed E-state index contributed by atoms with van der Waals surface area (Å²) < 4.78 is 5.21. The predicted octanol–water partition coefficient (Wildman–Crippen LogP) is 0.955. The molecule has 0 bridgehead atoms. The van der Waals surface area contributed by atoms with Crippen LogP contribution in [0.3, 0.4) is 0 Å². The van der Waals surface area contributed by atoms with Gasteiger partial charge >= 0.3 is 12.0 Å². The van der Waals surface area contributed by atoms with Crippen LogP contribution >= 0.6 is 0 Å². The first-order valence-electron chi connectivity index (χ1n) is 7.32. The van der Waals surface area contributed by atoms with Gasteiger partial charge in [-0.2, -0.15) is 5.26 Å². The fourth-order valence-electron chi connectivity index (χ4n) is 2.58. The zero-order chi connectivity index (χ0) is 15.3. The SMILES string of the molecule is N#CCCN(C(=O)NCC1(C(=O)O)CCOCC1)C1CC1. The number of rotatable bonds is 6. The van der Waals surface area contributed by atoms with E-state index in [4.69, 9.17) is 10.00 Å². The highest BCUT2D eigenvalue weighted by Gasteiger charge is 2.41. The van der Waals surface area contributed by atoms with Crippen LogP contribution in [0.4, 0.5) is 4.79 Å². The van der Waals surface area contributed by atoms with Crippen molar-refractivity contribution in [2.24, 2.45) is 5.41 Å². The number of carbonyl (C=O) groups is 2. The number of hydrogen-bond donors (Lipinski definition) is 2. The minimum Gasteiger partial charge on any atom is -0.481 e. The summed E-state index contributed by atoms with van der Waals surface area (Å²) in [4.78, 5) is 25.4. The number of carboxylic acids is 1. The van der Waals surface area contributed by atoms with Crippen molar-refractivity contribution >= 4 is 12.0 Å². The molecule has 0 aromatic rings. The summed E-state index contributed by atoms with van der Waals surface area (Å²) in [6, 6.07) is 1.97. The van der Waals surface area contributed by atoms with Gasteiger partial charge < -0.3 is 20.1 Å². The first kappa shape index (κ1) is 15.6. The minimum absolute atomic E-state index is 0.111. The maximum Gasteiger partial charge on any atom is 0.317 e. The molecule has 2 rings (SSSR count). The van der Waals surface area contributed by atoms with Crippen molar-refractivity contribution in [3.63, 3.8) is 0 Å². The summed E-state index contributed by atoms with van der Waals surface area (Å²) in [6.07, 6.45) is 3.02. The standard InChI is InChI=1S/C14H21N3O4/c15-6-1-7-17(11-2-3-11)13(20)16-10-14(12(18)19)4-8-21-9-5-14/h11H,1-5,7-10H2,(H,16,20)(H,18,19). The average molecular weight is 295 g/mol. The third-order valence-electron chi connectivity index (χ3n) is 4.19. The van der Waals surface area contributed by atoms with Gasteiger partial charge in [-0.1, -0.05) is 0 Å². The molecular weight excluding hydrogens is 274 g/mol. The highest BCUT2D eigenvalue weighted by Crippen LogP contribution is 2.31. The minimum atomic E-state index is -0.932. The van der Waals surface area contributed by atoms with Crippen molar-refractivity contribution in [2.75, 3.05) is 26.3 Å². The van der Waals surface area contributed by atoms with Gasteiger partial charge in [0.1, 0.15) is 0 Å². The van der Waals surface area contributed by atoms with Crippen LogP contribution < -0.4 is 5.32 Å². The number of nitrogens with zero attached hydrogens (tertiary/aromatic N) is 2. The molecule has 2 aliphatic rings. The van der Waals surface area contributed by atoms with E-state index in [-0.39, 0.29) is 18.6 Å². The van der Waals surface area contributed by atoms with E-state index in [9.17, 15) is 14.7 Å². The molecule has 0 aromatic heterocycles. The van der Waals surface area contributed by atoms with E-state index < -0.39 is 11.4 Å². The van der Waals surface area contributed by atoms with Crippen molar-refractivity contribution in [2.45, 2.75) is 38.1 Å². The first-order valence-corrected chi connectivity index (χ1v) is 7.32. The molecule has 0 unspecified atom stereocenters.